The van der Waals surface area contributed by atoms with Crippen LogP contribution in [0, 0.1) is 0 Å². The van der Waals surface area contributed by atoms with Crippen molar-refractivity contribution in [3.63, 3.8) is 0 Å². The van der Waals surface area contributed by atoms with Crippen LogP contribution in [0.4, 0.5) is 0 Å². The molecule has 0 aliphatic heterocycles. The Morgan fingerprint density at radius 3 is 1.74 bits per heavy atom. The molecule has 27 heavy (non-hydrogen) atoms. The molecule has 0 saturated carbocycles. The third kappa shape index (κ3) is 6.24. The second-order valence-electron chi connectivity index (χ2n) is 6.01. The van der Waals surface area contributed by atoms with Crippen LogP contribution in [-0.2, 0) is 0 Å². The molecule has 0 radical (unpaired) electrons. The van der Waals surface area contributed by atoms with Gasteiger partial charge >= 0.3 is 0 Å². The zero-order valence-electron chi connectivity index (χ0n) is 14.9. The second-order valence-corrected chi connectivity index (χ2v) is 11.7. The van der Waals surface area contributed by atoms with Crippen LogP contribution in [0.2, 0.25) is 0 Å². The van der Waals surface area contributed by atoms with E-state index in [0.29, 0.717) is 6.54 Å². The highest BCUT2D eigenvalue weighted by atomic mass is 35.5. The van der Waals surface area contributed by atoms with E-state index in [1.807, 2.05) is 54.2 Å². The van der Waals surface area contributed by atoms with Gasteiger partial charge in [-0.1, -0.05) is 102 Å². The molecule has 0 unspecified atom stereocenters. The van der Waals surface area contributed by atoms with Gasteiger partial charge in [-0.15, -0.1) is 11.8 Å². The van der Waals surface area contributed by atoms with Gasteiger partial charge in [-0.2, -0.15) is 0 Å². The van der Waals surface area contributed by atoms with Crippen molar-refractivity contribution < 1.29 is 0 Å². The fraction of sp³-hybridized carbons (Fsp3) is 0.182. The standard InChI is InChI=1S/C22H22Cl2NPS/c23-22(24,18-25-16-17-27-21-14-8-3-9-15-21)26(19-10-4-1-5-11-19)20-12-6-2-7-13-20/h1-15,25H,16-18H2. The molecule has 0 spiro atoms. The van der Waals surface area contributed by atoms with Crippen molar-refractivity contribution in [3.05, 3.63) is 91.0 Å². The molecule has 0 amide bonds. The van der Waals surface area contributed by atoms with Crippen LogP contribution in [0.3, 0.4) is 0 Å². The van der Waals surface area contributed by atoms with Gasteiger partial charge in [0.1, 0.15) is 0 Å². The monoisotopic (exact) mass is 433 g/mol. The van der Waals surface area contributed by atoms with Crippen molar-refractivity contribution >= 4 is 53.5 Å². The van der Waals surface area contributed by atoms with Crippen molar-refractivity contribution in [2.24, 2.45) is 0 Å². The molecule has 3 rings (SSSR count). The molecular weight excluding hydrogens is 412 g/mol. The fourth-order valence-electron chi connectivity index (χ4n) is 2.76. The van der Waals surface area contributed by atoms with Gasteiger partial charge in [0, 0.05) is 23.7 Å². The maximum Gasteiger partial charge on any atom is 0.157 e. The number of halogens is 2. The van der Waals surface area contributed by atoms with Crippen molar-refractivity contribution in [1.82, 2.24) is 5.32 Å². The molecule has 0 bridgehead atoms. The second kappa shape index (κ2) is 10.5. The van der Waals surface area contributed by atoms with Gasteiger partial charge in [-0.3, -0.25) is 0 Å². The highest BCUT2D eigenvalue weighted by Gasteiger charge is 2.36. The Labute approximate surface area is 177 Å². The van der Waals surface area contributed by atoms with Gasteiger partial charge in [0.2, 0.25) is 0 Å². The van der Waals surface area contributed by atoms with Crippen LogP contribution in [0.5, 0.6) is 0 Å². The average molecular weight is 434 g/mol. The molecule has 5 heteroatoms. The molecule has 0 saturated heterocycles. The Hall–Kier alpha value is -1.02. The summed E-state index contributed by atoms with van der Waals surface area (Å²) < 4.78 is -0.880. The minimum Gasteiger partial charge on any atom is -0.313 e. The Balaban J connectivity index is 1.63. The SMILES string of the molecule is ClC(Cl)(CNCCSc1ccccc1)P(c1ccccc1)c1ccccc1. The minimum atomic E-state index is -0.897. The number of hydrogen-bond donors (Lipinski definition) is 1. The number of nitrogens with one attached hydrogen (secondary N) is 1. The summed E-state index contributed by atoms with van der Waals surface area (Å²) >= 11 is 15.6. The van der Waals surface area contributed by atoms with Crippen LogP contribution >= 0.6 is 42.9 Å². The zero-order chi connectivity index (χ0) is 19.0. The summed E-state index contributed by atoms with van der Waals surface area (Å²) in [5.41, 5.74) is 0. The lowest BCUT2D eigenvalue weighted by Gasteiger charge is -2.31. The molecule has 0 aliphatic carbocycles. The van der Waals surface area contributed by atoms with E-state index in [1.54, 1.807) is 0 Å². The van der Waals surface area contributed by atoms with Crippen LogP contribution in [-0.4, -0.2) is 22.9 Å². The Kier molecular flexibility index (Phi) is 8.06. The molecular formula is C22H22Cl2NPS. The molecule has 1 nitrogen and oxygen atoms in total. The molecule has 0 heterocycles. The normalized spacial score (nSPS) is 11.7. The Morgan fingerprint density at radius 2 is 1.22 bits per heavy atom. The molecule has 3 aromatic rings. The number of hydrogen-bond acceptors (Lipinski definition) is 2. The predicted molar refractivity (Wildman–Crippen MR) is 124 cm³/mol. The third-order valence-corrected chi connectivity index (χ3v) is 8.72. The van der Waals surface area contributed by atoms with Gasteiger partial charge in [-0.05, 0) is 30.7 Å². The third-order valence-electron chi connectivity index (χ3n) is 3.98. The van der Waals surface area contributed by atoms with E-state index in [-0.39, 0.29) is 0 Å². The maximum atomic E-state index is 6.89. The first-order chi connectivity index (χ1) is 13.2. The van der Waals surface area contributed by atoms with E-state index in [1.165, 1.54) is 15.5 Å². The smallest absolute Gasteiger partial charge is 0.157 e. The topological polar surface area (TPSA) is 12.0 Å². The Morgan fingerprint density at radius 1 is 0.741 bits per heavy atom. The lowest BCUT2D eigenvalue weighted by atomic mass is 10.4. The summed E-state index contributed by atoms with van der Waals surface area (Å²) in [7, 11) is -0.897. The van der Waals surface area contributed by atoms with E-state index in [9.17, 15) is 0 Å². The van der Waals surface area contributed by atoms with E-state index in [2.05, 4.69) is 53.8 Å². The summed E-state index contributed by atoms with van der Waals surface area (Å²) in [4.78, 5) is 1.28. The number of thioether (sulfide) groups is 1. The molecule has 3 aromatic carbocycles. The van der Waals surface area contributed by atoms with E-state index >= 15 is 0 Å². The molecule has 0 aromatic heterocycles. The number of benzene rings is 3. The maximum absolute atomic E-state index is 6.89. The predicted octanol–water partition coefficient (Wildman–Crippen LogP) is 5.63. The molecule has 1 N–H and O–H groups in total. The van der Waals surface area contributed by atoms with Crippen LogP contribution in [0.1, 0.15) is 0 Å². The van der Waals surface area contributed by atoms with Crippen molar-refractivity contribution in [2.45, 2.75) is 8.97 Å². The van der Waals surface area contributed by atoms with E-state index < -0.39 is 12.0 Å². The Bertz CT molecular complexity index is 761. The van der Waals surface area contributed by atoms with Gasteiger partial charge in [0.05, 0.1) is 0 Å². The zero-order valence-corrected chi connectivity index (χ0v) is 18.1. The van der Waals surface area contributed by atoms with E-state index in [0.717, 1.165) is 12.3 Å². The lowest BCUT2D eigenvalue weighted by Crippen LogP contribution is -2.36. The summed E-state index contributed by atoms with van der Waals surface area (Å²) in [6.45, 7) is 1.40. The van der Waals surface area contributed by atoms with Gasteiger partial charge in [0.25, 0.3) is 0 Å². The number of alkyl halides is 2. The molecule has 140 valence electrons. The summed E-state index contributed by atoms with van der Waals surface area (Å²) in [6.07, 6.45) is 0. The largest absolute Gasteiger partial charge is 0.313 e. The van der Waals surface area contributed by atoms with Crippen LogP contribution < -0.4 is 15.9 Å². The average Bonchev–Trinajstić information content (AvgIpc) is 2.70. The summed E-state index contributed by atoms with van der Waals surface area (Å²) in [5, 5.41) is 5.82. The summed E-state index contributed by atoms with van der Waals surface area (Å²) in [6, 6.07) is 31.1. The highest BCUT2D eigenvalue weighted by Crippen LogP contribution is 2.53. The van der Waals surface area contributed by atoms with Crippen LogP contribution in [0.25, 0.3) is 0 Å². The highest BCUT2D eigenvalue weighted by molar-refractivity contribution is 7.99. The first-order valence-electron chi connectivity index (χ1n) is 8.83. The first kappa shape index (κ1) is 20.7. The van der Waals surface area contributed by atoms with Crippen molar-refractivity contribution in [3.8, 4) is 0 Å². The lowest BCUT2D eigenvalue weighted by molar-refractivity contribution is 0.736. The number of rotatable bonds is 9. The van der Waals surface area contributed by atoms with Gasteiger partial charge in [-0.25, -0.2) is 0 Å². The minimum absolute atomic E-state index is 0.543. The summed E-state index contributed by atoms with van der Waals surface area (Å²) in [5.74, 6) is 0.975. The van der Waals surface area contributed by atoms with Gasteiger partial charge in [0.15, 0.2) is 4.07 Å². The molecule has 0 fully saturated rings. The molecule has 0 atom stereocenters. The fourth-order valence-corrected chi connectivity index (χ4v) is 7.21. The van der Waals surface area contributed by atoms with Crippen molar-refractivity contribution in [1.29, 1.82) is 0 Å². The van der Waals surface area contributed by atoms with Gasteiger partial charge < -0.3 is 5.32 Å². The van der Waals surface area contributed by atoms with Crippen molar-refractivity contribution in [2.75, 3.05) is 18.8 Å². The van der Waals surface area contributed by atoms with E-state index in [4.69, 9.17) is 23.2 Å². The quantitative estimate of drug-likeness (QED) is 0.203. The first-order valence-corrected chi connectivity index (χ1v) is 11.9. The van der Waals surface area contributed by atoms with Crippen LogP contribution in [0.15, 0.2) is 95.9 Å². The molecule has 0 aliphatic rings.